The minimum absolute atomic E-state index is 0.0498. The van der Waals surface area contributed by atoms with Crippen LogP contribution in [0.15, 0.2) is 48.7 Å². The van der Waals surface area contributed by atoms with Crippen molar-refractivity contribution in [2.75, 3.05) is 10.6 Å². The van der Waals surface area contributed by atoms with E-state index in [4.69, 9.17) is 16.7 Å². The van der Waals surface area contributed by atoms with Crippen LogP contribution in [0.2, 0.25) is 5.02 Å². The fourth-order valence-corrected chi connectivity index (χ4v) is 4.03. The molecule has 9 nitrogen and oxygen atoms in total. The van der Waals surface area contributed by atoms with E-state index in [1.54, 1.807) is 24.3 Å². The van der Waals surface area contributed by atoms with Gasteiger partial charge in [-0.1, -0.05) is 29.8 Å². The molecule has 1 aliphatic carbocycles. The molecule has 4 rings (SSSR count). The van der Waals surface area contributed by atoms with E-state index >= 15 is 0 Å². The number of rotatable bonds is 9. The minimum Gasteiger partial charge on any atom is -0.481 e. The first-order chi connectivity index (χ1) is 15.9. The van der Waals surface area contributed by atoms with Crippen LogP contribution in [0, 0.1) is 10.1 Å². The molecule has 2 aromatic carbocycles. The standard InChI is InChI=1S/C23H22ClN5O4/c24-17-6-8-18(9-7-17)27-23-25-13-20(29(32)33)22(28-23)26-19-11-15-5-4-14(10-16(15)12-19)2-1-3-21(30)31/h4-10,13,19H,1-3,11-12H2,(H,30,31)(H2,25,26,27,28). The average molecular weight is 468 g/mol. The van der Waals surface area contributed by atoms with E-state index in [0.717, 1.165) is 11.1 Å². The first-order valence-corrected chi connectivity index (χ1v) is 10.9. The molecule has 1 unspecified atom stereocenters. The van der Waals surface area contributed by atoms with E-state index in [2.05, 4.69) is 32.7 Å². The number of halogens is 1. The number of benzene rings is 2. The zero-order valence-electron chi connectivity index (χ0n) is 17.6. The molecule has 10 heteroatoms. The number of nitro groups is 1. The zero-order chi connectivity index (χ0) is 23.4. The van der Waals surface area contributed by atoms with Crippen LogP contribution >= 0.6 is 11.6 Å². The number of carbonyl (C=O) groups is 1. The number of hydrogen-bond donors (Lipinski definition) is 3. The first-order valence-electron chi connectivity index (χ1n) is 10.5. The third kappa shape index (κ3) is 5.75. The zero-order valence-corrected chi connectivity index (χ0v) is 18.4. The number of carboxylic acids is 1. The Morgan fingerprint density at radius 1 is 1.18 bits per heavy atom. The fourth-order valence-electron chi connectivity index (χ4n) is 3.90. The highest BCUT2D eigenvalue weighted by Gasteiger charge is 2.26. The molecule has 0 saturated heterocycles. The average Bonchev–Trinajstić information content (AvgIpc) is 3.16. The topological polar surface area (TPSA) is 130 Å². The maximum atomic E-state index is 11.5. The predicted molar refractivity (Wildman–Crippen MR) is 125 cm³/mol. The van der Waals surface area contributed by atoms with Crippen LogP contribution in [0.5, 0.6) is 0 Å². The Bertz CT molecular complexity index is 1190. The molecule has 0 amide bonds. The molecule has 0 fully saturated rings. The maximum Gasteiger partial charge on any atom is 0.329 e. The number of anilines is 3. The molecule has 3 N–H and O–H groups in total. The number of nitrogens with zero attached hydrogens (tertiary/aromatic N) is 3. The summed E-state index contributed by atoms with van der Waals surface area (Å²) in [6, 6.07) is 13.1. The van der Waals surface area contributed by atoms with Crippen molar-refractivity contribution in [3.63, 3.8) is 0 Å². The van der Waals surface area contributed by atoms with Crippen molar-refractivity contribution in [3.05, 3.63) is 80.5 Å². The first kappa shape index (κ1) is 22.5. The van der Waals surface area contributed by atoms with Gasteiger partial charge in [-0.25, -0.2) is 4.98 Å². The van der Waals surface area contributed by atoms with E-state index in [0.29, 0.717) is 36.4 Å². The van der Waals surface area contributed by atoms with E-state index < -0.39 is 10.9 Å². The third-order valence-corrected chi connectivity index (χ3v) is 5.72. The van der Waals surface area contributed by atoms with Gasteiger partial charge in [0.15, 0.2) is 0 Å². The summed E-state index contributed by atoms with van der Waals surface area (Å²) in [5.41, 5.74) is 3.95. The molecule has 1 heterocycles. The van der Waals surface area contributed by atoms with Crippen molar-refractivity contribution in [1.29, 1.82) is 0 Å². The van der Waals surface area contributed by atoms with Crippen molar-refractivity contribution in [2.24, 2.45) is 0 Å². The van der Waals surface area contributed by atoms with Gasteiger partial charge in [-0.3, -0.25) is 14.9 Å². The van der Waals surface area contributed by atoms with Crippen molar-refractivity contribution in [3.8, 4) is 0 Å². The monoisotopic (exact) mass is 467 g/mol. The molecule has 0 bridgehead atoms. The van der Waals surface area contributed by atoms with Gasteiger partial charge in [0.2, 0.25) is 11.8 Å². The molecule has 1 aliphatic rings. The van der Waals surface area contributed by atoms with Crippen LogP contribution < -0.4 is 10.6 Å². The van der Waals surface area contributed by atoms with Crippen LogP contribution in [-0.4, -0.2) is 32.0 Å². The Kier molecular flexibility index (Phi) is 6.69. The number of hydrogen-bond acceptors (Lipinski definition) is 7. The summed E-state index contributed by atoms with van der Waals surface area (Å²) in [5.74, 6) is -0.399. The number of aryl methyl sites for hydroxylation is 1. The Hall–Kier alpha value is -3.72. The third-order valence-electron chi connectivity index (χ3n) is 5.47. The molecular weight excluding hydrogens is 446 g/mol. The highest BCUT2D eigenvalue weighted by Crippen LogP contribution is 2.30. The number of aromatic nitrogens is 2. The second-order valence-electron chi connectivity index (χ2n) is 7.92. The summed E-state index contributed by atoms with van der Waals surface area (Å²) in [6.07, 6.45) is 4.04. The molecular formula is C23H22ClN5O4. The van der Waals surface area contributed by atoms with Crippen molar-refractivity contribution >= 4 is 40.7 Å². The Balaban J connectivity index is 1.47. The molecule has 33 heavy (non-hydrogen) atoms. The lowest BCUT2D eigenvalue weighted by atomic mass is 10.0. The Morgan fingerprint density at radius 3 is 2.67 bits per heavy atom. The quantitative estimate of drug-likeness (QED) is 0.303. The molecule has 3 aromatic rings. The van der Waals surface area contributed by atoms with Gasteiger partial charge in [-0.2, -0.15) is 4.98 Å². The molecule has 1 atom stereocenters. The predicted octanol–water partition coefficient (Wildman–Crippen LogP) is 4.77. The lowest BCUT2D eigenvalue weighted by Gasteiger charge is -2.14. The number of fused-ring (bicyclic) bond motifs is 1. The van der Waals surface area contributed by atoms with Crippen LogP contribution in [0.4, 0.5) is 23.1 Å². The number of aliphatic carboxylic acids is 1. The largest absolute Gasteiger partial charge is 0.481 e. The molecule has 0 saturated carbocycles. The van der Waals surface area contributed by atoms with Crippen LogP contribution in [0.3, 0.4) is 0 Å². The van der Waals surface area contributed by atoms with Gasteiger partial charge in [0.1, 0.15) is 6.20 Å². The maximum absolute atomic E-state index is 11.5. The molecule has 170 valence electrons. The summed E-state index contributed by atoms with van der Waals surface area (Å²) >= 11 is 5.91. The van der Waals surface area contributed by atoms with Gasteiger partial charge in [0, 0.05) is 23.2 Å². The van der Waals surface area contributed by atoms with Gasteiger partial charge in [-0.15, -0.1) is 0 Å². The van der Waals surface area contributed by atoms with Gasteiger partial charge < -0.3 is 15.7 Å². The van der Waals surface area contributed by atoms with E-state index in [1.807, 2.05) is 6.07 Å². The van der Waals surface area contributed by atoms with E-state index in [1.165, 1.54) is 11.8 Å². The van der Waals surface area contributed by atoms with Crippen molar-refractivity contribution in [2.45, 2.75) is 38.1 Å². The summed E-state index contributed by atoms with van der Waals surface area (Å²) in [4.78, 5) is 30.2. The Morgan fingerprint density at radius 2 is 1.94 bits per heavy atom. The summed E-state index contributed by atoms with van der Waals surface area (Å²) in [5, 5.41) is 27.2. The smallest absolute Gasteiger partial charge is 0.329 e. The second-order valence-corrected chi connectivity index (χ2v) is 8.35. The highest BCUT2D eigenvalue weighted by atomic mass is 35.5. The molecule has 0 spiro atoms. The second kappa shape index (κ2) is 9.83. The van der Waals surface area contributed by atoms with Gasteiger partial charge in [-0.05, 0) is 66.6 Å². The Labute approximate surface area is 195 Å². The van der Waals surface area contributed by atoms with Crippen molar-refractivity contribution < 1.29 is 14.8 Å². The lowest BCUT2D eigenvalue weighted by molar-refractivity contribution is -0.384. The molecule has 1 aromatic heterocycles. The van der Waals surface area contributed by atoms with Gasteiger partial charge >= 0.3 is 11.7 Å². The van der Waals surface area contributed by atoms with Gasteiger partial charge in [0.25, 0.3) is 0 Å². The molecule has 0 aliphatic heterocycles. The lowest BCUT2D eigenvalue weighted by Crippen LogP contribution is -2.21. The number of carboxylic acid groups (broad SMARTS) is 1. The van der Waals surface area contributed by atoms with Crippen LogP contribution in [0.1, 0.15) is 29.5 Å². The van der Waals surface area contributed by atoms with Crippen LogP contribution in [0.25, 0.3) is 0 Å². The summed E-state index contributed by atoms with van der Waals surface area (Å²) < 4.78 is 0. The summed E-state index contributed by atoms with van der Waals surface area (Å²) in [6.45, 7) is 0. The minimum atomic E-state index is -0.795. The van der Waals surface area contributed by atoms with Crippen molar-refractivity contribution in [1.82, 2.24) is 9.97 Å². The highest BCUT2D eigenvalue weighted by molar-refractivity contribution is 6.30. The fraction of sp³-hybridized carbons (Fsp3) is 0.261. The summed E-state index contributed by atoms with van der Waals surface area (Å²) in [7, 11) is 0. The normalized spacial score (nSPS) is 14.5. The van der Waals surface area contributed by atoms with Crippen LogP contribution in [-0.2, 0) is 24.1 Å². The molecule has 0 radical (unpaired) electrons. The van der Waals surface area contributed by atoms with Gasteiger partial charge in [0.05, 0.1) is 4.92 Å². The van der Waals surface area contributed by atoms with E-state index in [-0.39, 0.29) is 29.9 Å². The number of nitrogens with one attached hydrogen (secondary N) is 2. The van der Waals surface area contributed by atoms with E-state index in [9.17, 15) is 14.9 Å². The SMILES string of the molecule is O=C(O)CCCc1ccc2c(c1)CC(Nc1nc(Nc3ccc(Cl)cc3)ncc1[N+](=O)[O-])C2.